The molecule has 0 aliphatic carbocycles. The van der Waals surface area contributed by atoms with E-state index in [-0.39, 0.29) is 27.2 Å². The molecule has 0 bridgehead atoms. The van der Waals surface area contributed by atoms with Crippen LogP contribution >= 0.6 is 11.6 Å². The summed E-state index contributed by atoms with van der Waals surface area (Å²) < 4.78 is 42.2. The molecule has 0 atom stereocenters. The minimum absolute atomic E-state index is 0.0225. The van der Waals surface area contributed by atoms with E-state index in [1.54, 1.807) is 53.4 Å². The zero-order valence-electron chi connectivity index (χ0n) is 17.0. The van der Waals surface area contributed by atoms with Gasteiger partial charge in [-0.05, 0) is 42.5 Å². The number of piperazine rings is 1. The lowest BCUT2D eigenvalue weighted by molar-refractivity contribution is 0.0746. The number of nitrogens with zero attached hydrogens (tertiary/aromatic N) is 2. The second kappa shape index (κ2) is 9.18. The topological polar surface area (TPSA) is 69.7 Å². The fraction of sp³-hybridized carbons (Fsp3) is 0.174. The van der Waals surface area contributed by atoms with Crippen molar-refractivity contribution in [2.75, 3.05) is 35.8 Å². The van der Waals surface area contributed by atoms with Crippen molar-refractivity contribution in [3.63, 3.8) is 0 Å². The number of nitrogens with one attached hydrogen (secondary N) is 1. The molecular formula is C23H21ClFN3O3S. The van der Waals surface area contributed by atoms with E-state index in [4.69, 9.17) is 11.6 Å². The molecule has 3 aromatic rings. The average Bonchev–Trinajstić information content (AvgIpc) is 2.80. The minimum atomic E-state index is -3.98. The summed E-state index contributed by atoms with van der Waals surface area (Å²) in [6.07, 6.45) is 0. The van der Waals surface area contributed by atoms with Gasteiger partial charge >= 0.3 is 0 Å². The van der Waals surface area contributed by atoms with Crippen LogP contribution in [0.1, 0.15) is 10.4 Å². The molecule has 1 fully saturated rings. The molecule has 0 saturated carbocycles. The highest BCUT2D eigenvalue weighted by Crippen LogP contribution is 2.26. The number of anilines is 2. The molecule has 1 N–H and O–H groups in total. The van der Waals surface area contributed by atoms with E-state index in [0.717, 1.165) is 0 Å². The standard InChI is InChI=1S/C23H21ClFN3O3S/c24-19-11-10-17(16-22(19)32(30,31)26-18-6-2-1-3-7-18)23(29)28-14-12-27(13-15-28)21-9-5-4-8-20(21)25/h1-11,16,26H,12-15H2. The van der Waals surface area contributed by atoms with Crippen LogP contribution in [0.5, 0.6) is 0 Å². The summed E-state index contributed by atoms with van der Waals surface area (Å²) in [4.78, 5) is 16.4. The fourth-order valence-electron chi connectivity index (χ4n) is 3.60. The number of hydrogen-bond donors (Lipinski definition) is 1. The Kier molecular flexibility index (Phi) is 6.34. The molecule has 3 aromatic carbocycles. The van der Waals surface area contributed by atoms with E-state index in [1.807, 2.05) is 4.90 Å². The van der Waals surface area contributed by atoms with Crippen LogP contribution in [0.25, 0.3) is 0 Å². The molecule has 4 rings (SSSR count). The quantitative estimate of drug-likeness (QED) is 0.601. The van der Waals surface area contributed by atoms with Gasteiger partial charge in [-0.15, -0.1) is 0 Å². The van der Waals surface area contributed by atoms with Crippen LogP contribution < -0.4 is 9.62 Å². The predicted molar refractivity (Wildman–Crippen MR) is 123 cm³/mol. The Balaban J connectivity index is 1.50. The summed E-state index contributed by atoms with van der Waals surface area (Å²) in [5.74, 6) is -0.600. The van der Waals surface area contributed by atoms with E-state index in [1.165, 1.54) is 24.3 Å². The van der Waals surface area contributed by atoms with Crippen LogP contribution in [0.2, 0.25) is 5.02 Å². The third-order valence-corrected chi connectivity index (χ3v) is 7.12. The number of carbonyl (C=O) groups excluding carboxylic acids is 1. The van der Waals surface area contributed by atoms with Crippen LogP contribution in [0.3, 0.4) is 0 Å². The highest BCUT2D eigenvalue weighted by atomic mass is 35.5. The molecule has 6 nitrogen and oxygen atoms in total. The Hall–Kier alpha value is -3.10. The molecule has 0 radical (unpaired) electrons. The van der Waals surface area contributed by atoms with E-state index >= 15 is 0 Å². The third-order valence-electron chi connectivity index (χ3n) is 5.25. The number of carbonyl (C=O) groups is 1. The summed E-state index contributed by atoms with van der Waals surface area (Å²) in [6, 6.07) is 19.2. The number of sulfonamides is 1. The molecule has 0 aromatic heterocycles. The van der Waals surface area contributed by atoms with Crippen molar-refractivity contribution in [1.82, 2.24) is 4.90 Å². The first-order valence-electron chi connectivity index (χ1n) is 10.0. The van der Waals surface area contributed by atoms with Crippen molar-refractivity contribution < 1.29 is 17.6 Å². The molecular weight excluding hydrogens is 453 g/mol. The first kappa shape index (κ1) is 22.1. The van der Waals surface area contributed by atoms with E-state index in [0.29, 0.717) is 37.6 Å². The van der Waals surface area contributed by atoms with Crippen molar-refractivity contribution in [2.24, 2.45) is 0 Å². The SMILES string of the molecule is O=C(c1ccc(Cl)c(S(=O)(=O)Nc2ccccc2)c1)N1CCN(c2ccccc2F)CC1. The van der Waals surface area contributed by atoms with Gasteiger partial charge in [0.25, 0.3) is 15.9 Å². The molecule has 0 spiro atoms. The van der Waals surface area contributed by atoms with Crippen molar-refractivity contribution >= 4 is 38.9 Å². The summed E-state index contributed by atoms with van der Waals surface area (Å²) >= 11 is 6.15. The van der Waals surface area contributed by atoms with Crippen LogP contribution in [0, 0.1) is 5.82 Å². The Labute approximate surface area is 191 Å². The third kappa shape index (κ3) is 4.71. The summed E-state index contributed by atoms with van der Waals surface area (Å²) in [5.41, 5.74) is 1.12. The largest absolute Gasteiger partial charge is 0.366 e. The van der Waals surface area contributed by atoms with E-state index < -0.39 is 10.0 Å². The molecule has 0 unspecified atom stereocenters. The summed E-state index contributed by atoms with van der Waals surface area (Å²) in [7, 11) is -3.98. The number of para-hydroxylation sites is 2. The maximum Gasteiger partial charge on any atom is 0.263 e. The maximum atomic E-state index is 14.0. The molecule has 32 heavy (non-hydrogen) atoms. The summed E-state index contributed by atoms with van der Waals surface area (Å²) in [5, 5.41) is 0.0225. The smallest absolute Gasteiger partial charge is 0.263 e. The normalized spacial score (nSPS) is 14.3. The Bertz CT molecular complexity index is 1230. The maximum absolute atomic E-state index is 14.0. The Morgan fingerprint density at radius 1 is 0.906 bits per heavy atom. The zero-order chi connectivity index (χ0) is 22.7. The van der Waals surface area contributed by atoms with Gasteiger partial charge in [-0.1, -0.05) is 41.9 Å². The van der Waals surface area contributed by atoms with Gasteiger partial charge in [-0.3, -0.25) is 9.52 Å². The van der Waals surface area contributed by atoms with E-state index in [9.17, 15) is 17.6 Å². The van der Waals surface area contributed by atoms with Gasteiger partial charge in [0, 0.05) is 37.4 Å². The predicted octanol–water partition coefficient (Wildman–Crippen LogP) is 4.24. The van der Waals surface area contributed by atoms with E-state index in [2.05, 4.69) is 4.72 Å². The lowest BCUT2D eigenvalue weighted by atomic mass is 10.1. The van der Waals surface area contributed by atoms with Crippen molar-refractivity contribution in [2.45, 2.75) is 4.90 Å². The van der Waals surface area contributed by atoms with Crippen molar-refractivity contribution in [1.29, 1.82) is 0 Å². The van der Waals surface area contributed by atoms with Gasteiger partial charge in [0.1, 0.15) is 10.7 Å². The van der Waals surface area contributed by atoms with Gasteiger partial charge in [0.05, 0.1) is 10.7 Å². The highest BCUT2D eigenvalue weighted by Gasteiger charge is 2.26. The fourth-order valence-corrected chi connectivity index (χ4v) is 5.19. The Morgan fingerprint density at radius 3 is 2.25 bits per heavy atom. The van der Waals surface area contributed by atoms with Crippen LogP contribution in [0.4, 0.5) is 15.8 Å². The van der Waals surface area contributed by atoms with Gasteiger partial charge in [-0.25, -0.2) is 12.8 Å². The van der Waals surface area contributed by atoms with Crippen LogP contribution in [-0.2, 0) is 10.0 Å². The highest BCUT2D eigenvalue weighted by molar-refractivity contribution is 7.92. The second-order valence-corrected chi connectivity index (χ2v) is 9.41. The number of rotatable bonds is 5. The Morgan fingerprint density at radius 2 is 1.56 bits per heavy atom. The number of amides is 1. The van der Waals surface area contributed by atoms with Crippen molar-refractivity contribution in [3.8, 4) is 0 Å². The summed E-state index contributed by atoms with van der Waals surface area (Å²) in [6.45, 7) is 1.72. The van der Waals surface area contributed by atoms with Gasteiger partial charge in [0.15, 0.2) is 0 Å². The molecule has 1 aliphatic rings. The first-order valence-corrected chi connectivity index (χ1v) is 11.9. The lowest BCUT2D eigenvalue weighted by Gasteiger charge is -2.36. The number of benzene rings is 3. The van der Waals surface area contributed by atoms with Gasteiger partial charge < -0.3 is 9.80 Å². The molecule has 9 heteroatoms. The number of hydrogen-bond acceptors (Lipinski definition) is 4. The average molecular weight is 474 g/mol. The monoisotopic (exact) mass is 473 g/mol. The molecule has 1 amide bonds. The van der Waals surface area contributed by atoms with Crippen molar-refractivity contribution in [3.05, 3.63) is 89.2 Å². The zero-order valence-corrected chi connectivity index (χ0v) is 18.6. The minimum Gasteiger partial charge on any atom is -0.366 e. The number of halogens is 2. The second-order valence-electron chi connectivity index (χ2n) is 7.35. The lowest BCUT2D eigenvalue weighted by Crippen LogP contribution is -2.49. The van der Waals surface area contributed by atoms with Gasteiger partial charge in [0.2, 0.25) is 0 Å². The molecule has 166 valence electrons. The van der Waals surface area contributed by atoms with Crippen LogP contribution in [0.15, 0.2) is 77.7 Å². The molecule has 1 aliphatic heterocycles. The molecule has 1 heterocycles. The molecule has 1 saturated heterocycles. The van der Waals surface area contributed by atoms with Gasteiger partial charge in [-0.2, -0.15) is 0 Å². The first-order chi connectivity index (χ1) is 15.3. The van der Waals surface area contributed by atoms with Crippen LogP contribution in [-0.4, -0.2) is 45.4 Å².